The molecule has 0 saturated carbocycles. The van der Waals surface area contributed by atoms with Crippen LogP contribution in [0.2, 0.25) is 0 Å². The van der Waals surface area contributed by atoms with Gasteiger partial charge in [-0.3, -0.25) is 4.98 Å². The zero-order valence-electron chi connectivity index (χ0n) is 8.27. The fourth-order valence-corrected chi connectivity index (χ4v) is 2.06. The Balaban J connectivity index is 2.84. The molecule has 0 amide bonds. The number of aromatic nitrogens is 1. The van der Waals surface area contributed by atoms with Crippen molar-refractivity contribution >= 4 is 10.0 Å². The Morgan fingerprint density at radius 2 is 2.00 bits per heavy atom. The highest BCUT2D eigenvalue weighted by Crippen LogP contribution is 2.15. The first-order valence-corrected chi connectivity index (χ1v) is 6.29. The minimum Gasteiger partial charge on any atom is -0.265 e. The first-order chi connectivity index (χ1) is 6.53. The molecule has 78 valence electrons. The van der Waals surface area contributed by atoms with Gasteiger partial charge in [0.15, 0.2) is 0 Å². The van der Waals surface area contributed by atoms with E-state index in [0.717, 1.165) is 18.2 Å². The summed E-state index contributed by atoms with van der Waals surface area (Å²) in [5.74, 6) is 0. The first kappa shape index (κ1) is 11.1. The van der Waals surface area contributed by atoms with E-state index < -0.39 is 10.0 Å². The van der Waals surface area contributed by atoms with Crippen LogP contribution >= 0.6 is 0 Å². The van der Waals surface area contributed by atoms with E-state index in [0.29, 0.717) is 0 Å². The van der Waals surface area contributed by atoms with Crippen LogP contribution in [0.5, 0.6) is 0 Å². The number of hydrogen-bond donors (Lipinski definition) is 1. The SMILES string of the molecule is CCC(NS(C)(=O)=O)c1ccncc1. The lowest BCUT2D eigenvalue weighted by Crippen LogP contribution is -2.26. The van der Waals surface area contributed by atoms with Crippen molar-refractivity contribution < 1.29 is 8.42 Å². The Morgan fingerprint density at radius 3 is 2.43 bits per heavy atom. The van der Waals surface area contributed by atoms with Gasteiger partial charge in [-0.2, -0.15) is 0 Å². The topological polar surface area (TPSA) is 59.1 Å². The summed E-state index contributed by atoms with van der Waals surface area (Å²) in [7, 11) is -3.15. The van der Waals surface area contributed by atoms with Gasteiger partial charge in [-0.1, -0.05) is 6.92 Å². The standard InChI is InChI=1S/C9H14N2O2S/c1-3-9(11-14(2,12)13)8-4-6-10-7-5-8/h4-7,9,11H,3H2,1-2H3. The van der Waals surface area contributed by atoms with E-state index in [4.69, 9.17) is 0 Å². The van der Waals surface area contributed by atoms with Crippen LogP contribution in [0.1, 0.15) is 24.9 Å². The number of nitrogens with one attached hydrogen (secondary N) is 1. The quantitative estimate of drug-likeness (QED) is 0.816. The van der Waals surface area contributed by atoms with Gasteiger partial charge >= 0.3 is 0 Å². The summed E-state index contributed by atoms with van der Waals surface area (Å²) >= 11 is 0. The van der Waals surface area contributed by atoms with Crippen LogP contribution in [0.4, 0.5) is 0 Å². The van der Waals surface area contributed by atoms with E-state index in [1.54, 1.807) is 12.4 Å². The number of hydrogen-bond acceptors (Lipinski definition) is 3. The van der Waals surface area contributed by atoms with Crippen molar-refractivity contribution in [3.05, 3.63) is 30.1 Å². The number of pyridine rings is 1. The summed E-state index contributed by atoms with van der Waals surface area (Å²) in [5.41, 5.74) is 0.938. The second-order valence-electron chi connectivity index (χ2n) is 3.13. The van der Waals surface area contributed by atoms with Crippen LogP contribution in [0, 0.1) is 0 Å². The molecule has 0 saturated heterocycles. The Morgan fingerprint density at radius 1 is 1.43 bits per heavy atom. The predicted octanol–water partition coefficient (Wildman–Crippen LogP) is 1.08. The maximum atomic E-state index is 11.0. The van der Waals surface area contributed by atoms with Crippen molar-refractivity contribution in [3.63, 3.8) is 0 Å². The van der Waals surface area contributed by atoms with Crippen LogP contribution in [0.3, 0.4) is 0 Å². The molecule has 1 atom stereocenters. The highest BCUT2D eigenvalue weighted by molar-refractivity contribution is 7.88. The molecular formula is C9H14N2O2S. The van der Waals surface area contributed by atoms with Gasteiger partial charge in [-0.15, -0.1) is 0 Å². The third kappa shape index (κ3) is 3.43. The molecule has 0 aliphatic rings. The second kappa shape index (κ2) is 4.52. The molecule has 1 rings (SSSR count). The first-order valence-electron chi connectivity index (χ1n) is 4.40. The molecule has 0 fully saturated rings. The molecular weight excluding hydrogens is 200 g/mol. The molecule has 0 spiro atoms. The van der Waals surface area contributed by atoms with Crippen LogP contribution in [-0.4, -0.2) is 19.7 Å². The fourth-order valence-electron chi connectivity index (χ4n) is 1.24. The molecule has 0 bridgehead atoms. The van der Waals surface area contributed by atoms with Crippen LogP contribution in [0.25, 0.3) is 0 Å². The van der Waals surface area contributed by atoms with E-state index in [2.05, 4.69) is 9.71 Å². The van der Waals surface area contributed by atoms with Crippen molar-refractivity contribution in [2.24, 2.45) is 0 Å². The van der Waals surface area contributed by atoms with Gasteiger partial charge < -0.3 is 0 Å². The molecule has 0 aromatic carbocycles. The third-order valence-electron chi connectivity index (χ3n) is 1.87. The molecule has 4 nitrogen and oxygen atoms in total. The molecule has 1 heterocycles. The lowest BCUT2D eigenvalue weighted by atomic mass is 10.1. The average Bonchev–Trinajstić information content (AvgIpc) is 2.14. The highest BCUT2D eigenvalue weighted by atomic mass is 32.2. The Labute approximate surface area is 84.4 Å². The fraction of sp³-hybridized carbons (Fsp3) is 0.444. The van der Waals surface area contributed by atoms with E-state index in [9.17, 15) is 8.42 Å². The molecule has 1 N–H and O–H groups in total. The summed E-state index contributed by atoms with van der Waals surface area (Å²) in [6, 6.07) is 3.46. The third-order valence-corrected chi connectivity index (χ3v) is 2.59. The second-order valence-corrected chi connectivity index (χ2v) is 4.91. The van der Waals surface area contributed by atoms with Gasteiger partial charge in [-0.25, -0.2) is 13.1 Å². The van der Waals surface area contributed by atoms with Crippen molar-refractivity contribution in [2.45, 2.75) is 19.4 Å². The summed E-state index contributed by atoms with van der Waals surface area (Å²) in [6.45, 7) is 1.93. The van der Waals surface area contributed by atoms with E-state index in [1.165, 1.54) is 0 Å². The molecule has 14 heavy (non-hydrogen) atoms. The summed E-state index contributed by atoms with van der Waals surface area (Å²) in [5, 5.41) is 0. The smallest absolute Gasteiger partial charge is 0.209 e. The van der Waals surface area contributed by atoms with Gasteiger partial charge in [0.2, 0.25) is 10.0 Å². The van der Waals surface area contributed by atoms with Gasteiger partial charge in [0.05, 0.1) is 6.26 Å². The highest BCUT2D eigenvalue weighted by Gasteiger charge is 2.13. The predicted molar refractivity (Wildman–Crippen MR) is 55.2 cm³/mol. The maximum absolute atomic E-state index is 11.0. The van der Waals surface area contributed by atoms with Crippen molar-refractivity contribution in [1.29, 1.82) is 0 Å². The Bertz CT molecular complexity index is 375. The monoisotopic (exact) mass is 214 g/mol. The molecule has 0 radical (unpaired) electrons. The van der Waals surface area contributed by atoms with Gasteiger partial charge in [-0.05, 0) is 24.1 Å². The average molecular weight is 214 g/mol. The van der Waals surface area contributed by atoms with Crippen molar-refractivity contribution in [3.8, 4) is 0 Å². The minimum atomic E-state index is -3.15. The zero-order chi connectivity index (χ0) is 10.6. The number of sulfonamides is 1. The molecule has 5 heteroatoms. The molecule has 0 aliphatic heterocycles. The zero-order valence-corrected chi connectivity index (χ0v) is 9.08. The molecule has 1 aromatic heterocycles. The van der Waals surface area contributed by atoms with Gasteiger partial charge in [0.25, 0.3) is 0 Å². The van der Waals surface area contributed by atoms with Crippen LogP contribution < -0.4 is 4.72 Å². The minimum absolute atomic E-state index is 0.159. The lowest BCUT2D eigenvalue weighted by Gasteiger charge is -2.15. The normalized spacial score (nSPS) is 13.9. The Hall–Kier alpha value is -0.940. The number of rotatable bonds is 4. The van der Waals surface area contributed by atoms with Crippen LogP contribution in [-0.2, 0) is 10.0 Å². The van der Waals surface area contributed by atoms with Gasteiger partial charge in [0.1, 0.15) is 0 Å². The van der Waals surface area contributed by atoms with Crippen molar-refractivity contribution in [2.75, 3.05) is 6.26 Å². The molecule has 1 unspecified atom stereocenters. The van der Waals surface area contributed by atoms with Crippen molar-refractivity contribution in [1.82, 2.24) is 9.71 Å². The molecule has 1 aromatic rings. The molecule has 0 aliphatic carbocycles. The Kier molecular flexibility index (Phi) is 3.60. The largest absolute Gasteiger partial charge is 0.265 e. The van der Waals surface area contributed by atoms with Crippen LogP contribution in [0.15, 0.2) is 24.5 Å². The van der Waals surface area contributed by atoms with E-state index in [-0.39, 0.29) is 6.04 Å². The summed E-state index contributed by atoms with van der Waals surface area (Å²) in [4.78, 5) is 3.88. The summed E-state index contributed by atoms with van der Waals surface area (Å²) < 4.78 is 24.7. The maximum Gasteiger partial charge on any atom is 0.209 e. The summed E-state index contributed by atoms with van der Waals surface area (Å²) in [6.07, 6.45) is 5.19. The van der Waals surface area contributed by atoms with Gasteiger partial charge in [0, 0.05) is 18.4 Å². The number of nitrogens with zero attached hydrogens (tertiary/aromatic N) is 1. The lowest BCUT2D eigenvalue weighted by molar-refractivity contribution is 0.555. The van der Waals surface area contributed by atoms with E-state index >= 15 is 0 Å². The van der Waals surface area contributed by atoms with E-state index in [1.807, 2.05) is 19.1 Å².